The van der Waals surface area contributed by atoms with E-state index in [1.807, 2.05) is 6.07 Å². The Labute approximate surface area is 244 Å². The number of pyridine rings is 1. The number of fused-ring (bicyclic) bond motifs is 2. The van der Waals surface area contributed by atoms with Crippen LogP contribution in [0, 0.1) is 5.92 Å². The van der Waals surface area contributed by atoms with Gasteiger partial charge in [0.15, 0.2) is 0 Å². The van der Waals surface area contributed by atoms with Gasteiger partial charge in [-0.3, -0.25) is 28.7 Å². The maximum absolute atomic E-state index is 13.8. The fourth-order valence-electron chi connectivity index (χ4n) is 4.90. The number of amides is 3. The summed E-state index contributed by atoms with van der Waals surface area (Å²) in [6.07, 6.45) is 3.28. The molecule has 8 nitrogen and oxygen atoms in total. The number of halogens is 2. The average Bonchev–Trinajstić information content (AvgIpc) is 3.37. The second kappa shape index (κ2) is 10.4. The molecule has 0 saturated carbocycles. The van der Waals surface area contributed by atoms with E-state index < -0.39 is 23.0 Å². The Morgan fingerprint density at radius 1 is 1.03 bits per heavy atom. The van der Waals surface area contributed by atoms with Gasteiger partial charge in [0.05, 0.1) is 16.6 Å². The van der Waals surface area contributed by atoms with Crippen molar-refractivity contribution in [2.75, 3.05) is 10.2 Å². The highest BCUT2D eigenvalue weighted by Crippen LogP contribution is 2.53. The molecule has 0 aliphatic carbocycles. The van der Waals surface area contributed by atoms with Crippen molar-refractivity contribution in [1.29, 1.82) is 0 Å². The van der Waals surface area contributed by atoms with Crippen LogP contribution in [0.15, 0.2) is 87.4 Å². The molecule has 12 heteroatoms. The zero-order chi connectivity index (χ0) is 27.3. The predicted molar refractivity (Wildman–Crippen MR) is 155 cm³/mol. The third-order valence-electron chi connectivity index (χ3n) is 6.61. The second-order valence-corrected chi connectivity index (χ2v) is 12.5. The van der Waals surface area contributed by atoms with Crippen molar-refractivity contribution < 1.29 is 14.4 Å². The molecule has 2 aliphatic rings. The Bertz CT molecular complexity index is 1660. The lowest BCUT2D eigenvalue weighted by Crippen LogP contribution is -2.33. The molecule has 4 heterocycles. The van der Waals surface area contributed by atoms with Gasteiger partial charge in [0.2, 0.25) is 17.7 Å². The molecule has 196 valence electrons. The number of anilines is 2. The molecular weight excluding hydrogens is 624 g/mol. The van der Waals surface area contributed by atoms with Gasteiger partial charge in [-0.25, -0.2) is 4.90 Å². The Morgan fingerprint density at radius 2 is 1.77 bits per heavy atom. The van der Waals surface area contributed by atoms with Gasteiger partial charge in [-0.1, -0.05) is 56.7 Å². The lowest BCUT2D eigenvalue weighted by molar-refractivity contribution is -0.122. The van der Waals surface area contributed by atoms with Gasteiger partial charge in [0, 0.05) is 38.4 Å². The molecule has 1 fully saturated rings. The van der Waals surface area contributed by atoms with Crippen molar-refractivity contribution in [3.05, 3.63) is 103 Å². The largest absolute Gasteiger partial charge is 0.325 e. The molecule has 0 spiro atoms. The summed E-state index contributed by atoms with van der Waals surface area (Å²) >= 11 is 11.5. The lowest BCUT2D eigenvalue weighted by atomic mass is 9.84. The van der Waals surface area contributed by atoms with Gasteiger partial charge in [-0.2, -0.15) is 0 Å². The fraction of sp³-hybridized carbons (Fsp3) is 0.148. The van der Waals surface area contributed by atoms with Crippen LogP contribution >= 0.6 is 50.6 Å². The second-order valence-electron chi connectivity index (χ2n) is 9.00. The number of hydrogen-bond acceptors (Lipinski definition) is 7. The van der Waals surface area contributed by atoms with Crippen molar-refractivity contribution in [2.24, 2.45) is 5.92 Å². The number of thioether (sulfide) groups is 1. The third-order valence-corrected chi connectivity index (χ3v) is 9.99. The molecule has 3 atom stereocenters. The van der Waals surface area contributed by atoms with Crippen LogP contribution in [0.25, 0.3) is 0 Å². The van der Waals surface area contributed by atoms with E-state index in [4.69, 9.17) is 11.6 Å². The van der Waals surface area contributed by atoms with Crippen LogP contribution in [0.2, 0.25) is 5.02 Å². The van der Waals surface area contributed by atoms with Crippen molar-refractivity contribution in [3.8, 4) is 0 Å². The van der Waals surface area contributed by atoms with Crippen molar-refractivity contribution in [3.63, 3.8) is 0 Å². The minimum Gasteiger partial charge on any atom is -0.325 e. The highest BCUT2D eigenvalue weighted by molar-refractivity contribution is 9.10. The molecule has 2 aliphatic heterocycles. The number of imide groups is 1. The van der Waals surface area contributed by atoms with Crippen molar-refractivity contribution in [1.82, 2.24) is 9.55 Å². The number of rotatable bonds is 5. The van der Waals surface area contributed by atoms with E-state index in [-0.39, 0.29) is 23.2 Å². The Morgan fingerprint density at radius 3 is 2.46 bits per heavy atom. The summed E-state index contributed by atoms with van der Waals surface area (Å²) in [7, 11) is 0. The maximum atomic E-state index is 13.8. The van der Waals surface area contributed by atoms with Crippen molar-refractivity contribution in [2.45, 2.75) is 22.7 Å². The van der Waals surface area contributed by atoms with Crippen molar-refractivity contribution >= 4 is 79.7 Å². The molecule has 4 aromatic rings. The summed E-state index contributed by atoms with van der Waals surface area (Å²) < 4.78 is 2.21. The molecule has 0 unspecified atom stereocenters. The predicted octanol–water partition coefficient (Wildman–Crippen LogP) is 5.16. The van der Waals surface area contributed by atoms with Crippen LogP contribution in [-0.2, 0) is 20.9 Å². The lowest BCUT2D eigenvalue weighted by Gasteiger charge is -2.30. The average molecular weight is 642 g/mol. The molecule has 2 aromatic heterocycles. The Hall–Kier alpha value is -3.25. The summed E-state index contributed by atoms with van der Waals surface area (Å²) in [4.78, 5) is 59.4. The molecule has 1 saturated heterocycles. The normalized spacial score (nSPS) is 20.1. The highest BCUT2D eigenvalue weighted by Gasteiger charge is 2.56. The third kappa shape index (κ3) is 4.73. The number of aromatic nitrogens is 2. The first kappa shape index (κ1) is 26.0. The number of carbonyl (C=O) groups excluding carboxylic acids is 3. The van der Waals surface area contributed by atoms with E-state index in [0.717, 1.165) is 21.4 Å². The van der Waals surface area contributed by atoms with E-state index in [1.54, 1.807) is 67.0 Å². The first-order chi connectivity index (χ1) is 18.8. The molecule has 0 bridgehead atoms. The van der Waals surface area contributed by atoms with E-state index in [1.165, 1.54) is 21.2 Å². The first-order valence-electron chi connectivity index (χ1n) is 11.8. The summed E-state index contributed by atoms with van der Waals surface area (Å²) in [5.74, 6) is -2.36. The van der Waals surface area contributed by atoms with Gasteiger partial charge >= 0.3 is 4.87 Å². The summed E-state index contributed by atoms with van der Waals surface area (Å²) in [5, 5.41) is 3.07. The van der Waals surface area contributed by atoms with Gasteiger partial charge in [-0.05, 0) is 60.2 Å². The minimum absolute atomic E-state index is 0.240. The number of nitrogens with one attached hydrogen (secondary N) is 1. The number of nitrogens with zero attached hydrogens (tertiary/aromatic N) is 3. The van der Waals surface area contributed by atoms with Crippen LogP contribution in [-0.4, -0.2) is 32.5 Å². The van der Waals surface area contributed by atoms with E-state index >= 15 is 0 Å². The first-order valence-corrected chi connectivity index (χ1v) is 14.7. The van der Waals surface area contributed by atoms with Crippen LogP contribution in [0.4, 0.5) is 11.4 Å². The smallest absolute Gasteiger partial charge is 0.308 e. The van der Waals surface area contributed by atoms with E-state index in [9.17, 15) is 19.2 Å². The van der Waals surface area contributed by atoms with Crippen LogP contribution < -0.4 is 15.1 Å². The quantitative estimate of drug-likeness (QED) is 0.303. The summed E-state index contributed by atoms with van der Waals surface area (Å²) in [6.45, 7) is -0.240. The number of thiazole rings is 1. The summed E-state index contributed by atoms with van der Waals surface area (Å²) in [5.41, 5.74) is 1.76. The Balaban J connectivity index is 1.39. The zero-order valence-corrected chi connectivity index (χ0v) is 23.9. The molecule has 0 radical (unpaired) electrons. The fourth-order valence-corrected chi connectivity index (χ4v) is 8.06. The monoisotopic (exact) mass is 640 g/mol. The van der Waals surface area contributed by atoms with E-state index in [2.05, 4.69) is 26.2 Å². The van der Waals surface area contributed by atoms with Crippen LogP contribution in [0.5, 0.6) is 0 Å². The SMILES string of the molecule is O=C(Cn1c2c(sc1=O)[C@@H](c1cccnc1)[C@H]1C(=O)N(c3ccc(Br)cc3)C(=O)[C@H]1S2)Nc1ccc(Cl)cc1. The molecule has 6 rings (SSSR count). The molecule has 1 N–H and O–H groups in total. The van der Waals surface area contributed by atoms with E-state index in [0.29, 0.717) is 26.3 Å². The minimum atomic E-state index is -0.765. The molecular formula is C27H18BrClN4O4S2. The van der Waals surface area contributed by atoms with Crippen LogP contribution in [0.1, 0.15) is 16.4 Å². The van der Waals surface area contributed by atoms with Crippen LogP contribution in [0.3, 0.4) is 0 Å². The topological polar surface area (TPSA) is 101 Å². The molecule has 2 aromatic carbocycles. The van der Waals surface area contributed by atoms with Gasteiger partial charge < -0.3 is 5.32 Å². The highest BCUT2D eigenvalue weighted by atomic mass is 79.9. The Kier molecular flexibility index (Phi) is 6.92. The summed E-state index contributed by atoms with van der Waals surface area (Å²) in [6, 6.07) is 17.2. The van der Waals surface area contributed by atoms with Gasteiger partial charge in [0.1, 0.15) is 11.8 Å². The maximum Gasteiger partial charge on any atom is 0.308 e. The molecule has 3 amide bonds. The number of carbonyl (C=O) groups is 3. The number of benzene rings is 2. The van der Waals surface area contributed by atoms with Gasteiger partial charge in [-0.15, -0.1) is 0 Å². The van der Waals surface area contributed by atoms with Gasteiger partial charge in [0.25, 0.3) is 0 Å². The zero-order valence-electron chi connectivity index (χ0n) is 19.9. The standard InChI is InChI=1S/C27H18BrClN4O4S2/c28-15-3-9-18(10-4-15)33-24(35)21-20(14-2-1-11-30-12-14)23-26(38-22(21)25(33)36)32(27(37)39-23)13-19(34)31-17-7-5-16(29)6-8-17/h1-12,20-22H,13H2,(H,31,34)/t20-,21+,22-/m0/s1. The molecule has 39 heavy (non-hydrogen) atoms. The number of hydrogen-bond donors (Lipinski definition) is 1.